The molecule has 2 aromatic rings. The Morgan fingerprint density at radius 3 is 2.78 bits per heavy atom. The Morgan fingerprint density at radius 2 is 2.11 bits per heavy atom. The van der Waals surface area contributed by atoms with Gasteiger partial charge in [0, 0.05) is 18.1 Å². The Balaban J connectivity index is 2.40. The third-order valence-electron chi connectivity index (χ3n) is 2.67. The maximum Gasteiger partial charge on any atom is 0.181 e. The van der Waals surface area contributed by atoms with Gasteiger partial charge in [0.25, 0.3) is 0 Å². The number of aromatic nitrogens is 1. The number of sulfone groups is 1. The van der Waals surface area contributed by atoms with Crippen LogP contribution in [0.3, 0.4) is 0 Å². The maximum atomic E-state index is 12.2. The zero-order valence-electron chi connectivity index (χ0n) is 10.3. The quantitative estimate of drug-likeness (QED) is 0.912. The molecule has 0 unspecified atom stereocenters. The van der Waals surface area contributed by atoms with Crippen LogP contribution in [0.15, 0.2) is 33.9 Å². The van der Waals surface area contributed by atoms with E-state index in [1.165, 1.54) is 18.5 Å². The average Bonchev–Trinajstić information content (AvgIpc) is 2.74. The van der Waals surface area contributed by atoms with E-state index in [2.05, 4.69) is 4.98 Å². The van der Waals surface area contributed by atoms with Crippen molar-refractivity contribution in [2.75, 3.05) is 12.4 Å². The lowest BCUT2D eigenvalue weighted by atomic mass is 9.98. The van der Waals surface area contributed by atoms with Gasteiger partial charge in [0.1, 0.15) is 5.52 Å². The van der Waals surface area contributed by atoms with E-state index in [9.17, 15) is 8.42 Å². The Bertz CT molecular complexity index is 658. The van der Waals surface area contributed by atoms with E-state index in [0.717, 1.165) is 0 Å². The first-order chi connectivity index (χ1) is 8.34. The average molecular weight is 269 g/mol. The van der Waals surface area contributed by atoms with Crippen LogP contribution in [0.5, 0.6) is 0 Å². The van der Waals surface area contributed by atoms with Crippen molar-refractivity contribution < 1.29 is 17.9 Å². The zero-order chi connectivity index (χ0) is 13.4. The van der Waals surface area contributed by atoms with Crippen molar-refractivity contribution in [2.24, 2.45) is 5.41 Å². The van der Waals surface area contributed by atoms with Crippen LogP contribution >= 0.6 is 0 Å². The van der Waals surface area contributed by atoms with E-state index in [4.69, 9.17) is 9.52 Å². The summed E-state index contributed by atoms with van der Waals surface area (Å²) in [6.07, 6.45) is 1.28. The Hall–Kier alpha value is -1.40. The Kier molecular flexibility index (Phi) is 3.16. The Labute approximate surface area is 105 Å². The molecule has 1 heterocycles. The van der Waals surface area contributed by atoms with Crippen molar-refractivity contribution in [1.82, 2.24) is 4.98 Å². The molecule has 1 aromatic heterocycles. The molecule has 2 rings (SSSR count). The normalized spacial score (nSPS) is 13.1. The number of benzene rings is 1. The molecule has 0 aliphatic rings. The van der Waals surface area contributed by atoms with Gasteiger partial charge in [0.2, 0.25) is 0 Å². The van der Waals surface area contributed by atoms with E-state index < -0.39 is 15.3 Å². The molecule has 0 saturated heterocycles. The number of hydrogen-bond acceptors (Lipinski definition) is 5. The van der Waals surface area contributed by atoms with Crippen molar-refractivity contribution in [2.45, 2.75) is 18.7 Å². The van der Waals surface area contributed by atoms with E-state index in [1.807, 2.05) is 0 Å². The van der Waals surface area contributed by atoms with Crippen LogP contribution in [-0.2, 0) is 9.84 Å². The van der Waals surface area contributed by atoms with Gasteiger partial charge in [0.05, 0.1) is 10.6 Å². The smallest absolute Gasteiger partial charge is 0.181 e. The van der Waals surface area contributed by atoms with E-state index in [1.54, 1.807) is 19.9 Å². The summed E-state index contributed by atoms with van der Waals surface area (Å²) in [5.74, 6) is -0.115. The summed E-state index contributed by atoms with van der Waals surface area (Å²) in [5.41, 5.74) is 0.392. The molecule has 0 atom stereocenters. The minimum Gasteiger partial charge on any atom is -0.443 e. The molecular weight excluding hydrogens is 254 g/mol. The highest BCUT2D eigenvalue weighted by atomic mass is 32.2. The van der Waals surface area contributed by atoms with Crippen molar-refractivity contribution in [3.63, 3.8) is 0 Å². The number of oxazole rings is 1. The van der Waals surface area contributed by atoms with Crippen molar-refractivity contribution in [3.05, 3.63) is 24.6 Å². The lowest BCUT2D eigenvalue weighted by molar-refractivity contribution is 0.179. The molecule has 0 radical (unpaired) electrons. The summed E-state index contributed by atoms with van der Waals surface area (Å²) in [6.45, 7) is 3.23. The van der Waals surface area contributed by atoms with Crippen LogP contribution in [0.25, 0.3) is 11.1 Å². The fraction of sp³-hybridized carbons (Fsp3) is 0.417. The number of hydrogen-bond donors (Lipinski definition) is 1. The van der Waals surface area contributed by atoms with Crippen LogP contribution in [0.2, 0.25) is 0 Å². The molecule has 0 aliphatic carbocycles. The van der Waals surface area contributed by atoms with Gasteiger partial charge in [-0.1, -0.05) is 13.8 Å². The topological polar surface area (TPSA) is 80.4 Å². The largest absolute Gasteiger partial charge is 0.443 e. The minimum absolute atomic E-state index is 0.115. The predicted molar refractivity (Wildman–Crippen MR) is 66.9 cm³/mol. The van der Waals surface area contributed by atoms with Gasteiger partial charge in [-0.25, -0.2) is 13.4 Å². The second-order valence-corrected chi connectivity index (χ2v) is 7.05. The van der Waals surface area contributed by atoms with Crippen LogP contribution in [0, 0.1) is 5.41 Å². The van der Waals surface area contributed by atoms with E-state index in [-0.39, 0.29) is 17.3 Å². The Morgan fingerprint density at radius 1 is 1.39 bits per heavy atom. The summed E-state index contributed by atoms with van der Waals surface area (Å²) in [6, 6.07) is 4.58. The monoisotopic (exact) mass is 269 g/mol. The van der Waals surface area contributed by atoms with Crippen LogP contribution in [0.4, 0.5) is 0 Å². The van der Waals surface area contributed by atoms with Gasteiger partial charge in [0.15, 0.2) is 21.8 Å². The standard InChI is InChI=1S/C12H15NO4S/c1-12(2,6-14)7-18(15,16)9-3-4-10-11(5-9)17-8-13-10/h3-5,8,14H,6-7H2,1-2H3. The molecule has 0 amide bonds. The fourth-order valence-corrected chi connectivity index (χ4v) is 3.52. The van der Waals surface area contributed by atoms with Gasteiger partial charge >= 0.3 is 0 Å². The molecule has 0 aliphatic heterocycles. The highest BCUT2D eigenvalue weighted by molar-refractivity contribution is 7.91. The van der Waals surface area contributed by atoms with E-state index >= 15 is 0 Å². The van der Waals surface area contributed by atoms with Crippen LogP contribution < -0.4 is 0 Å². The van der Waals surface area contributed by atoms with Gasteiger partial charge in [-0.2, -0.15) is 0 Å². The molecule has 0 fully saturated rings. The SMILES string of the molecule is CC(C)(CO)CS(=O)(=O)c1ccc2ncoc2c1. The predicted octanol–water partition coefficient (Wildman–Crippen LogP) is 1.62. The number of aliphatic hydroxyl groups excluding tert-OH is 1. The van der Waals surface area contributed by atoms with Crippen LogP contribution in [-0.4, -0.2) is 30.9 Å². The van der Waals surface area contributed by atoms with Crippen LogP contribution in [0.1, 0.15) is 13.8 Å². The molecular formula is C12H15NO4S. The molecule has 98 valence electrons. The van der Waals surface area contributed by atoms with Gasteiger partial charge in [-0.15, -0.1) is 0 Å². The molecule has 0 spiro atoms. The highest BCUT2D eigenvalue weighted by Gasteiger charge is 2.27. The van der Waals surface area contributed by atoms with Gasteiger partial charge in [-0.3, -0.25) is 0 Å². The first-order valence-electron chi connectivity index (χ1n) is 5.51. The summed E-state index contributed by atoms with van der Waals surface area (Å²) in [4.78, 5) is 4.12. The number of nitrogens with zero attached hydrogens (tertiary/aromatic N) is 1. The molecule has 6 heteroatoms. The summed E-state index contributed by atoms with van der Waals surface area (Å²) in [7, 11) is -3.45. The summed E-state index contributed by atoms with van der Waals surface area (Å²) in [5, 5.41) is 9.15. The molecule has 0 bridgehead atoms. The summed E-state index contributed by atoms with van der Waals surface area (Å²) >= 11 is 0. The number of fused-ring (bicyclic) bond motifs is 1. The maximum absolute atomic E-state index is 12.2. The minimum atomic E-state index is -3.45. The highest BCUT2D eigenvalue weighted by Crippen LogP contribution is 2.24. The molecule has 1 N–H and O–H groups in total. The summed E-state index contributed by atoms with van der Waals surface area (Å²) < 4.78 is 29.5. The van der Waals surface area contributed by atoms with Crippen molar-refractivity contribution in [3.8, 4) is 0 Å². The third kappa shape index (κ3) is 2.54. The van der Waals surface area contributed by atoms with Gasteiger partial charge in [-0.05, 0) is 12.1 Å². The molecule has 5 nitrogen and oxygen atoms in total. The lowest BCUT2D eigenvalue weighted by Gasteiger charge is -2.21. The molecule has 0 saturated carbocycles. The fourth-order valence-electron chi connectivity index (χ4n) is 1.67. The number of aliphatic hydroxyl groups is 1. The van der Waals surface area contributed by atoms with Crippen molar-refractivity contribution >= 4 is 20.9 Å². The molecule has 1 aromatic carbocycles. The zero-order valence-corrected chi connectivity index (χ0v) is 11.1. The van der Waals surface area contributed by atoms with Gasteiger partial charge < -0.3 is 9.52 Å². The van der Waals surface area contributed by atoms with E-state index in [0.29, 0.717) is 11.1 Å². The first-order valence-corrected chi connectivity index (χ1v) is 7.16. The third-order valence-corrected chi connectivity index (χ3v) is 4.80. The second-order valence-electron chi connectivity index (χ2n) is 5.06. The molecule has 18 heavy (non-hydrogen) atoms. The lowest BCUT2D eigenvalue weighted by Crippen LogP contribution is -2.27. The second kappa shape index (κ2) is 4.37. The number of rotatable bonds is 4. The van der Waals surface area contributed by atoms with Crippen molar-refractivity contribution in [1.29, 1.82) is 0 Å². The first kappa shape index (κ1) is 13.0.